The van der Waals surface area contributed by atoms with Gasteiger partial charge < -0.3 is 9.47 Å². The molecule has 1 aliphatic rings. The van der Waals surface area contributed by atoms with Gasteiger partial charge in [-0.25, -0.2) is 0 Å². The monoisotopic (exact) mass is 426 g/mol. The second kappa shape index (κ2) is 8.76. The molecule has 1 fully saturated rings. The van der Waals surface area contributed by atoms with Crippen LogP contribution in [0.5, 0.6) is 11.5 Å². The van der Waals surface area contributed by atoms with Crippen LogP contribution in [-0.4, -0.2) is 42.8 Å². The van der Waals surface area contributed by atoms with Crippen molar-refractivity contribution in [3.05, 3.63) is 27.1 Å². The third-order valence-electron chi connectivity index (χ3n) is 3.72. The Morgan fingerprint density at radius 2 is 2.12 bits per heavy atom. The number of rotatable bonds is 6. The van der Waals surface area contributed by atoms with E-state index in [0.717, 1.165) is 16.5 Å². The summed E-state index contributed by atoms with van der Waals surface area (Å²) in [6, 6.07) is 3.83. The minimum Gasteiger partial charge on any atom is -0.490 e. The van der Waals surface area contributed by atoms with E-state index in [1.165, 1.54) is 11.8 Å². The van der Waals surface area contributed by atoms with Crippen LogP contribution in [0, 0.1) is 0 Å². The minimum absolute atomic E-state index is 0.0559. The lowest BCUT2D eigenvalue weighted by Crippen LogP contribution is -2.23. The largest absolute Gasteiger partial charge is 0.490 e. The molecule has 0 radical (unpaired) electrons. The Bertz CT molecular complexity index is 719. The van der Waals surface area contributed by atoms with E-state index < -0.39 is 0 Å². The van der Waals surface area contributed by atoms with Crippen molar-refractivity contribution < 1.29 is 14.3 Å². The van der Waals surface area contributed by atoms with Crippen LogP contribution >= 0.6 is 27.7 Å². The number of hydrogen-bond acceptors (Lipinski definition) is 5. The fourth-order valence-corrected chi connectivity index (χ4v) is 3.71. The molecule has 0 bridgehead atoms. The number of thioether (sulfide) groups is 1. The summed E-state index contributed by atoms with van der Waals surface area (Å²) in [5.41, 5.74) is 0.869. The molecule has 2 rings (SSSR count). The Morgan fingerprint density at radius 3 is 2.68 bits per heavy atom. The summed E-state index contributed by atoms with van der Waals surface area (Å²) >= 11 is 4.93. The molecule has 1 saturated heterocycles. The van der Waals surface area contributed by atoms with Crippen molar-refractivity contribution in [2.75, 3.05) is 20.7 Å². The van der Waals surface area contributed by atoms with E-state index in [9.17, 15) is 4.79 Å². The highest BCUT2D eigenvalue weighted by atomic mass is 79.9. The van der Waals surface area contributed by atoms with Crippen molar-refractivity contribution in [3.63, 3.8) is 0 Å². The summed E-state index contributed by atoms with van der Waals surface area (Å²) in [6.07, 6.45) is 2.84. The van der Waals surface area contributed by atoms with Crippen LogP contribution in [0.3, 0.4) is 0 Å². The molecule has 25 heavy (non-hydrogen) atoms. The van der Waals surface area contributed by atoms with Crippen LogP contribution in [0.15, 0.2) is 26.5 Å². The van der Waals surface area contributed by atoms with Gasteiger partial charge in [0.15, 0.2) is 16.7 Å². The van der Waals surface area contributed by atoms with Gasteiger partial charge in [0.05, 0.1) is 22.1 Å². The van der Waals surface area contributed by atoms with Gasteiger partial charge >= 0.3 is 0 Å². The summed E-state index contributed by atoms with van der Waals surface area (Å²) < 4.78 is 12.5. The number of amides is 1. The zero-order valence-electron chi connectivity index (χ0n) is 15.1. The van der Waals surface area contributed by atoms with Crippen molar-refractivity contribution in [1.82, 2.24) is 4.90 Å². The molecule has 1 amide bonds. The molecule has 1 aromatic carbocycles. The third kappa shape index (κ3) is 4.58. The summed E-state index contributed by atoms with van der Waals surface area (Å²) in [5.74, 6) is 1.30. The number of halogens is 1. The number of benzene rings is 1. The van der Waals surface area contributed by atoms with E-state index in [-0.39, 0.29) is 12.0 Å². The van der Waals surface area contributed by atoms with E-state index in [0.29, 0.717) is 28.2 Å². The molecular weight excluding hydrogens is 404 g/mol. The second-order valence-electron chi connectivity index (χ2n) is 5.58. The van der Waals surface area contributed by atoms with Crippen molar-refractivity contribution in [2.45, 2.75) is 33.3 Å². The Hall–Kier alpha value is -1.47. The fourth-order valence-electron chi connectivity index (χ4n) is 2.23. The predicted octanol–water partition coefficient (Wildman–Crippen LogP) is 4.56. The van der Waals surface area contributed by atoms with Crippen LogP contribution in [0.2, 0.25) is 0 Å². The maximum Gasteiger partial charge on any atom is 0.266 e. The Balaban J connectivity index is 2.40. The lowest BCUT2D eigenvalue weighted by molar-refractivity contribution is -0.121. The lowest BCUT2D eigenvalue weighted by atomic mass is 10.1. The molecule has 0 spiro atoms. The number of likely N-dealkylation sites (N-methyl/N-ethyl adjacent to an activating group) is 1. The summed E-state index contributed by atoms with van der Waals surface area (Å²) in [6.45, 7) is 6.56. The maximum absolute atomic E-state index is 12.3. The zero-order chi connectivity index (χ0) is 18.6. The molecule has 0 unspecified atom stereocenters. The molecule has 0 saturated carbocycles. The van der Waals surface area contributed by atoms with Gasteiger partial charge in [-0.3, -0.25) is 14.7 Å². The van der Waals surface area contributed by atoms with Gasteiger partial charge in [-0.05, 0) is 71.7 Å². The average molecular weight is 427 g/mol. The zero-order valence-corrected chi connectivity index (χ0v) is 17.5. The molecule has 7 heteroatoms. The highest BCUT2D eigenvalue weighted by Crippen LogP contribution is 2.39. The topological polar surface area (TPSA) is 51.1 Å². The lowest BCUT2D eigenvalue weighted by Gasteiger charge is -2.18. The number of carbonyl (C=O) groups is 1. The van der Waals surface area contributed by atoms with Crippen LogP contribution in [0.25, 0.3) is 6.08 Å². The SMILES string of the molecule is CCOc1cc(/C=C2/SC(=NC)N(C)C2=O)cc(Br)c1O[C@@H](C)CC. The first-order valence-electron chi connectivity index (χ1n) is 8.18. The van der Waals surface area contributed by atoms with Gasteiger partial charge in [0.25, 0.3) is 5.91 Å². The minimum atomic E-state index is -0.0559. The molecule has 136 valence electrons. The normalized spacial score (nSPS) is 19.0. The molecular formula is C18H23BrN2O3S. The number of nitrogens with zero attached hydrogens (tertiary/aromatic N) is 2. The molecule has 1 atom stereocenters. The molecule has 1 aliphatic heterocycles. The van der Waals surface area contributed by atoms with Crippen LogP contribution in [0.1, 0.15) is 32.8 Å². The molecule has 1 aromatic rings. The standard InChI is InChI=1S/C18H23BrN2O3S/c1-6-11(3)24-16-13(19)8-12(9-14(16)23-7-2)10-15-17(22)21(5)18(20-4)25-15/h8-11H,6-7H2,1-5H3/b15-10+,20-18?/t11-/m0/s1. The van der Waals surface area contributed by atoms with Gasteiger partial charge in [-0.1, -0.05) is 6.92 Å². The van der Waals surface area contributed by atoms with E-state index in [2.05, 4.69) is 27.8 Å². The van der Waals surface area contributed by atoms with Gasteiger partial charge in [0.2, 0.25) is 0 Å². The van der Waals surface area contributed by atoms with E-state index in [4.69, 9.17) is 9.47 Å². The maximum atomic E-state index is 12.3. The fraction of sp³-hybridized carbons (Fsp3) is 0.444. The number of ether oxygens (including phenoxy) is 2. The molecule has 0 aromatic heterocycles. The first-order chi connectivity index (χ1) is 11.9. The van der Waals surface area contributed by atoms with Crippen LogP contribution < -0.4 is 9.47 Å². The Labute approximate surface area is 161 Å². The Morgan fingerprint density at radius 1 is 1.40 bits per heavy atom. The van der Waals surface area contributed by atoms with Gasteiger partial charge in [-0.2, -0.15) is 0 Å². The molecule has 0 aliphatic carbocycles. The smallest absolute Gasteiger partial charge is 0.266 e. The number of amidine groups is 1. The number of carbonyl (C=O) groups excluding carboxylic acids is 1. The summed E-state index contributed by atoms with van der Waals surface area (Å²) in [7, 11) is 3.41. The quantitative estimate of drug-likeness (QED) is 0.625. The number of aliphatic imine (C=N–C) groups is 1. The molecule has 1 heterocycles. The van der Waals surface area contributed by atoms with Gasteiger partial charge in [-0.15, -0.1) is 0 Å². The first-order valence-corrected chi connectivity index (χ1v) is 9.79. The highest BCUT2D eigenvalue weighted by Gasteiger charge is 2.29. The average Bonchev–Trinajstić information content (AvgIpc) is 2.85. The van der Waals surface area contributed by atoms with Crippen LogP contribution in [-0.2, 0) is 4.79 Å². The molecule has 0 N–H and O–H groups in total. The number of hydrogen-bond donors (Lipinski definition) is 0. The second-order valence-corrected chi connectivity index (χ2v) is 7.44. The van der Waals surface area contributed by atoms with Crippen molar-refractivity contribution in [1.29, 1.82) is 0 Å². The predicted molar refractivity (Wildman–Crippen MR) is 107 cm³/mol. The molecule has 5 nitrogen and oxygen atoms in total. The van der Waals surface area contributed by atoms with Gasteiger partial charge in [0, 0.05) is 14.1 Å². The van der Waals surface area contributed by atoms with Crippen LogP contribution in [0.4, 0.5) is 0 Å². The summed E-state index contributed by atoms with van der Waals surface area (Å²) in [4.78, 5) is 18.6. The van der Waals surface area contributed by atoms with E-state index in [1.54, 1.807) is 19.0 Å². The highest BCUT2D eigenvalue weighted by molar-refractivity contribution is 9.10. The van der Waals surface area contributed by atoms with Crippen molar-refractivity contribution in [3.8, 4) is 11.5 Å². The van der Waals surface area contributed by atoms with E-state index in [1.807, 2.05) is 32.1 Å². The first kappa shape index (κ1) is 19.8. The van der Waals surface area contributed by atoms with Crippen molar-refractivity contribution in [2.24, 2.45) is 4.99 Å². The third-order valence-corrected chi connectivity index (χ3v) is 5.46. The Kier molecular flexibility index (Phi) is 6.95. The summed E-state index contributed by atoms with van der Waals surface area (Å²) in [5, 5.41) is 0.692. The van der Waals surface area contributed by atoms with Gasteiger partial charge in [0.1, 0.15) is 0 Å². The van der Waals surface area contributed by atoms with E-state index >= 15 is 0 Å². The van der Waals surface area contributed by atoms with Crippen molar-refractivity contribution >= 4 is 44.8 Å².